The van der Waals surface area contributed by atoms with Gasteiger partial charge in [0, 0.05) is 0 Å². The molecule has 2 fully saturated rings. The van der Waals surface area contributed by atoms with Crippen molar-refractivity contribution in [3.8, 4) is 0 Å². The van der Waals surface area contributed by atoms with Crippen molar-refractivity contribution in [2.75, 3.05) is 0 Å². The van der Waals surface area contributed by atoms with Gasteiger partial charge < -0.3 is 0 Å². The second kappa shape index (κ2) is 2.94. The van der Waals surface area contributed by atoms with Gasteiger partial charge >= 0.3 is 0 Å². The van der Waals surface area contributed by atoms with Gasteiger partial charge in [-0.05, 0) is 43.9 Å². The fraction of sp³-hybridized carbons (Fsp3) is 0.800. The normalized spacial score (nSPS) is 30.0. The Hall–Kier alpha value is 0. The third-order valence-electron chi connectivity index (χ3n) is 2.94. The highest BCUT2D eigenvalue weighted by Gasteiger charge is 2.27. The van der Waals surface area contributed by atoms with Gasteiger partial charge in [-0.2, -0.15) is 0 Å². The minimum atomic E-state index is 0.947. The van der Waals surface area contributed by atoms with Crippen LogP contribution in [0.4, 0.5) is 0 Å². The van der Waals surface area contributed by atoms with Crippen LogP contribution in [0.3, 0.4) is 0 Å². The Morgan fingerprint density at radius 2 is 1.90 bits per heavy atom. The lowest BCUT2D eigenvalue weighted by molar-refractivity contribution is 0.599. The maximum absolute atomic E-state index is 2.54. The van der Waals surface area contributed by atoms with Crippen molar-refractivity contribution in [1.29, 1.82) is 0 Å². The molecule has 0 amide bonds. The smallest absolute Gasteiger partial charge is 0.0207 e. The fourth-order valence-electron chi connectivity index (χ4n) is 2.35. The summed E-state index contributed by atoms with van der Waals surface area (Å²) < 4.78 is 0. The summed E-state index contributed by atoms with van der Waals surface area (Å²) in [5.74, 6) is 2.82. The molecule has 2 aliphatic carbocycles. The largest absolute Gasteiger partial charge is 0.0527 e. The van der Waals surface area contributed by atoms with E-state index in [2.05, 4.69) is 6.42 Å². The summed E-state index contributed by atoms with van der Waals surface area (Å²) in [5.41, 5.74) is 0. The van der Waals surface area contributed by atoms with E-state index in [1.54, 1.807) is 0 Å². The number of rotatable bonds is 1. The Morgan fingerprint density at radius 1 is 1.10 bits per heavy atom. The summed E-state index contributed by atoms with van der Waals surface area (Å²) in [4.78, 5) is 0. The lowest BCUT2D eigenvalue weighted by Gasteiger charge is -2.15. The number of hydrogen-bond acceptors (Lipinski definition) is 0. The molecule has 0 N–H and O–H groups in total. The second-order valence-corrected chi connectivity index (χ2v) is 3.64. The molecule has 2 rings (SSSR count). The molecule has 1 unspecified atom stereocenters. The first-order valence-electron chi connectivity index (χ1n) is 4.65. The minimum Gasteiger partial charge on any atom is -0.0527 e. The molecular weight excluding hydrogens is 120 g/mol. The summed E-state index contributed by atoms with van der Waals surface area (Å²) in [6.07, 6.45) is 12.7. The predicted molar refractivity (Wildman–Crippen MR) is 43.4 cm³/mol. The van der Waals surface area contributed by atoms with Gasteiger partial charge in [-0.1, -0.05) is 19.3 Å². The SMILES string of the molecule is [CH]1CCCC1[C]1CCCC1. The van der Waals surface area contributed by atoms with Crippen molar-refractivity contribution < 1.29 is 0 Å². The highest BCUT2D eigenvalue weighted by molar-refractivity contribution is 5.07. The van der Waals surface area contributed by atoms with E-state index in [4.69, 9.17) is 0 Å². The Morgan fingerprint density at radius 3 is 2.50 bits per heavy atom. The van der Waals surface area contributed by atoms with Gasteiger partial charge in [0.15, 0.2) is 0 Å². The Balaban J connectivity index is 1.85. The molecule has 1 atom stereocenters. The average molecular weight is 136 g/mol. The van der Waals surface area contributed by atoms with Gasteiger partial charge in [-0.15, -0.1) is 0 Å². The minimum absolute atomic E-state index is 0.947. The Kier molecular flexibility index (Phi) is 1.97. The summed E-state index contributed by atoms with van der Waals surface area (Å²) in [5, 5.41) is 0. The van der Waals surface area contributed by atoms with E-state index in [0.717, 1.165) is 5.92 Å². The highest BCUT2D eigenvalue weighted by atomic mass is 14.3. The van der Waals surface area contributed by atoms with Gasteiger partial charge in [0.1, 0.15) is 0 Å². The average Bonchev–Trinajstić information content (AvgIpc) is 2.59. The molecule has 0 aromatic heterocycles. The van der Waals surface area contributed by atoms with Crippen molar-refractivity contribution >= 4 is 0 Å². The molecule has 0 saturated heterocycles. The molecule has 0 spiro atoms. The second-order valence-electron chi connectivity index (χ2n) is 3.64. The third-order valence-corrected chi connectivity index (χ3v) is 2.94. The van der Waals surface area contributed by atoms with Crippen LogP contribution in [0.15, 0.2) is 0 Å². The van der Waals surface area contributed by atoms with E-state index in [-0.39, 0.29) is 0 Å². The predicted octanol–water partition coefficient (Wildman–Crippen LogP) is 3.14. The first-order valence-corrected chi connectivity index (χ1v) is 4.65. The molecule has 0 aromatic rings. The lowest BCUT2D eigenvalue weighted by atomic mass is 9.90. The van der Waals surface area contributed by atoms with E-state index in [0.29, 0.717) is 0 Å². The topological polar surface area (TPSA) is 0 Å². The molecule has 2 aliphatic rings. The van der Waals surface area contributed by atoms with Crippen LogP contribution in [0, 0.1) is 18.3 Å². The van der Waals surface area contributed by atoms with Crippen LogP contribution in [0.5, 0.6) is 0 Å². The first-order chi connectivity index (χ1) is 4.97. The molecule has 0 aliphatic heterocycles. The van der Waals surface area contributed by atoms with Crippen LogP contribution in [0.2, 0.25) is 0 Å². The van der Waals surface area contributed by atoms with Crippen LogP contribution in [0.1, 0.15) is 44.9 Å². The molecule has 0 heterocycles. The van der Waals surface area contributed by atoms with Gasteiger partial charge in [-0.3, -0.25) is 0 Å². The maximum atomic E-state index is 2.54. The summed E-state index contributed by atoms with van der Waals surface area (Å²) in [7, 11) is 0. The zero-order chi connectivity index (χ0) is 6.81. The summed E-state index contributed by atoms with van der Waals surface area (Å²) in [6.45, 7) is 0. The first kappa shape index (κ1) is 6.69. The van der Waals surface area contributed by atoms with E-state index < -0.39 is 0 Å². The van der Waals surface area contributed by atoms with E-state index >= 15 is 0 Å². The highest BCUT2D eigenvalue weighted by Crippen LogP contribution is 2.41. The van der Waals surface area contributed by atoms with Crippen molar-refractivity contribution in [2.45, 2.75) is 44.9 Å². The monoisotopic (exact) mass is 136 g/mol. The van der Waals surface area contributed by atoms with Crippen LogP contribution >= 0.6 is 0 Å². The molecule has 10 heavy (non-hydrogen) atoms. The van der Waals surface area contributed by atoms with Crippen LogP contribution in [-0.2, 0) is 0 Å². The summed E-state index contributed by atoms with van der Waals surface area (Å²) >= 11 is 0. The number of hydrogen-bond donors (Lipinski definition) is 0. The molecule has 2 radical (unpaired) electrons. The van der Waals surface area contributed by atoms with Crippen molar-refractivity contribution in [1.82, 2.24) is 0 Å². The summed E-state index contributed by atoms with van der Waals surface area (Å²) in [6, 6.07) is 0. The molecule has 0 nitrogen and oxygen atoms in total. The molecule has 0 heteroatoms. The standard InChI is InChI=1S/C10H16/c1-2-6-9(5-1)10-7-3-4-8-10/h5,9H,1-4,6-8H2. The Bertz CT molecular complexity index is 80.6. The zero-order valence-electron chi connectivity index (χ0n) is 6.60. The molecular formula is C10H16. The molecule has 0 bridgehead atoms. The molecule has 56 valence electrons. The van der Waals surface area contributed by atoms with Crippen LogP contribution in [-0.4, -0.2) is 0 Å². The van der Waals surface area contributed by atoms with Gasteiger partial charge in [-0.25, -0.2) is 0 Å². The zero-order valence-corrected chi connectivity index (χ0v) is 6.60. The fourth-order valence-corrected chi connectivity index (χ4v) is 2.35. The lowest BCUT2D eigenvalue weighted by Crippen LogP contribution is -2.04. The van der Waals surface area contributed by atoms with Crippen molar-refractivity contribution in [3.63, 3.8) is 0 Å². The van der Waals surface area contributed by atoms with Gasteiger partial charge in [0.05, 0.1) is 0 Å². The quantitative estimate of drug-likeness (QED) is 0.519. The van der Waals surface area contributed by atoms with Crippen LogP contribution in [0.25, 0.3) is 0 Å². The van der Waals surface area contributed by atoms with Crippen molar-refractivity contribution in [2.24, 2.45) is 5.92 Å². The van der Waals surface area contributed by atoms with E-state index in [1.165, 1.54) is 44.9 Å². The van der Waals surface area contributed by atoms with Gasteiger partial charge in [0.2, 0.25) is 0 Å². The van der Waals surface area contributed by atoms with E-state index in [1.807, 2.05) is 5.92 Å². The van der Waals surface area contributed by atoms with Gasteiger partial charge in [0.25, 0.3) is 0 Å². The molecule has 2 saturated carbocycles. The van der Waals surface area contributed by atoms with Crippen molar-refractivity contribution in [3.05, 3.63) is 12.3 Å². The maximum Gasteiger partial charge on any atom is -0.0207 e. The molecule has 0 aromatic carbocycles. The third kappa shape index (κ3) is 1.21. The Labute approximate surface area is 64.0 Å². The van der Waals surface area contributed by atoms with E-state index in [9.17, 15) is 0 Å². The van der Waals surface area contributed by atoms with Crippen LogP contribution < -0.4 is 0 Å².